The average molecular weight is 255 g/mol. The Labute approximate surface area is 114 Å². The van der Waals surface area contributed by atoms with E-state index in [1.807, 2.05) is 4.68 Å². The van der Waals surface area contributed by atoms with Crippen molar-refractivity contribution in [2.45, 2.75) is 38.6 Å². The van der Waals surface area contributed by atoms with Crippen LogP contribution in [0, 0.1) is 0 Å². The fourth-order valence-electron chi connectivity index (χ4n) is 2.35. The van der Waals surface area contributed by atoms with Gasteiger partial charge in [-0.25, -0.2) is 4.68 Å². The summed E-state index contributed by atoms with van der Waals surface area (Å²) in [6, 6.07) is 10.7. The summed E-state index contributed by atoms with van der Waals surface area (Å²) in [6.07, 6.45) is 5.86. The average Bonchev–Trinajstić information content (AvgIpc) is 3.18. The predicted molar refractivity (Wildman–Crippen MR) is 77.5 cm³/mol. The number of rotatable bonds is 6. The molecule has 100 valence electrons. The third-order valence-corrected chi connectivity index (χ3v) is 3.59. The molecule has 0 amide bonds. The van der Waals surface area contributed by atoms with Gasteiger partial charge < -0.3 is 5.32 Å². The minimum absolute atomic E-state index is 0.714. The van der Waals surface area contributed by atoms with E-state index in [9.17, 15) is 0 Å². The zero-order valence-electron chi connectivity index (χ0n) is 11.5. The lowest BCUT2D eigenvalue weighted by molar-refractivity contribution is 0.669. The van der Waals surface area contributed by atoms with E-state index < -0.39 is 0 Å². The van der Waals surface area contributed by atoms with Crippen LogP contribution in [0.3, 0.4) is 0 Å². The number of nitrogens with zero attached hydrogens (tertiary/aromatic N) is 2. The number of para-hydroxylation sites is 1. The van der Waals surface area contributed by atoms with E-state index in [1.54, 1.807) is 0 Å². The summed E-state index contributed by atoms with van der Waals surface area (Å²) in [6.45, 7) is 4.15. The van der Waals surface area contributed by atoms with Crippen LogP contribution < -0.4 is 5.32 Å². The van der Waals surface area contributed by atoms with Crippen LogP contribution in [0.25, 0.3) is 5.69 Å². The van der Waals surface area contributed by atoms with Crippen LogP contribution >= 0.6 is 0 Å². The molecule has 1 aliphatic rings. The Morgan fingerprint density at radius 1 is 1.26 bits per heavy atom. The lowest BCUT2D eigenvalue weighted by Gasteiger charge is -2.10. The molecule has 19 heavy (non-hydrogen) atoms. The monoisotopic (exact) mass is 255 g/mol. The van der Waals surface area contributed by atoms with Crippen LogP contribution in [0.1, 0.15) is 43.4 Å². The van der Waals surface area contributed by atoms with E-state index in [1.165, 1.54) is 29.8 Å². The van der Waals surface area contributed by atoms with Gasteiger partial charge in [-0.15, -0.1) is 0 Å². The van der Waals surface area contributed by atoms with Crippen molar-refractivity contribution in [2.75, 3.05) is 6.54 Å². The SMILES string of the molecule is CCCNCc1ccccc1-n1ccc(C2CC2)n1. The quantitative estimate of drug-likeness (QED) is 0.803. The molecule has 0 spiro atoms. The van der Waals surface area contributed by atoms with Gasteiger partial charge >= 0.3 is 0 Å². The van der Waals surface area contributed by atoms with Gasteiger partial charge in [-0.1, -0.05) is 25.1 Å². The van der Waals surface area contributed by atoms with Gasteiger partial charge in [0.2, 0.25) is 0 Å². The van der Waals surface area contributed by atoms with Crippen molar-refractivity contribution in [3.63, 3.8) is 0 Å². The smallest absolute Gasteiger partial charge is 0.0690 e. The van der Waals surface area contributed by atoms with E-state index in [0.717, 1.165) is 19.5 Å². The number of hydrogen-bond acceptors (Lipinski definition) is 2. The van der Waals surface area contributed by atoms with Gasteiger partial charge in [-0.2, -0.15) is 5.10 Å². The number of benzene rings is 1. The molecule has 3 rings (SSSR count). The van der Waals surface area contributed by atoms with E-state index in [0.29, 0.717) is 5.92 Å². The first-order valence-corrected chi connectivity index (χ1v) is 7.23. The molecule has 0 radical (unpaired) electrons. The molecule has 3 heteroatoms. The first kappa shape index (κ1) is 12.4. The summed E-state index contributed by atoms with van der Waals surface area (Å²) in [4.78, 5) is 0. The van der Waals surface area contributed by atoms with Crippen LogP contribution in [-0.4, -0.2) is 16.3 Å². The topological polar surface area (TPSA) is 29.9 Å². The van der Waals surface area contributed by atoms with Crippen molar-refractivity contribution in [1.29, 1.82) is 0 Å². The first-order valence-electron chi connectivity index (χ1n) is 7.23. The molecule has 3 nitrogen and oxygen atoms in total. The Balaban J connectivity index is 1.81. The van der Waals surface area contributed by atoms with Crippen LogP contribution in [-0.2, 0) is 6.54 Å². The molecule has 1 aromatic carbocycles. The van der Waals surface area contributed by atoms with Crippen molar-refractivity contribution in [1.82, 2.24) is 15.1 Å². The number of aromatic nitrogens is 2. The zero-order valence-corrected chi connectivity index (χ0v) is 11.5. The maximum atomic E-state index is 4.72. The van der Waals surface area contributed by atoms with E-state index in [2.05, 4.69) is 48.8 Å². The van der Waals surface area contributed by atoms with Gasteiger partial charge in [0.1, 0.15) is 0 Å². The predicted octanol–water partition coefficient (Wildman–Crippen LogP) is 3.25. The summed E-state index contributed by atoms with van der Waals surface area (Å²) in [7, 11) is 0. The standard InChI is InChI=1S/C16H21N3/c1-2-10-17-12-14-5-3-4-6-16(14)19-11-9-15(18-19)13-7-8-13/h3-6,9,11,13,17H,2,7-8,10,12H2,1H3. The highest BCUT2D eigenvalue weighted by atomic mass is 15.3. The Kier molecular flexibility index (Phi) is 3.65. The molecule has 1 heterocycles. The Bertz CT molecular complexity index is 540. The van der Waals surface area contributed by atoms with Gasteiger partial charge in [-0.3, -0.25) is 0 Å². The van der Waals surface area contributed by atoms with Crippen LogP contribution in [0.5, 0.6) is 0 Å². The van der Waals surface area contributed by atoms with Crippen molar-refractivity contribution < 1.29 is 0 Å². The van der Waals surface area contributed by atoms with Gasteiger partial charge in [0.15, 0.2) is 0 Å². The molecule has 1 N–H and O–H groups in total. The maximum Gasteiger partial charge on any atom is 0.0690 e. The Hall–Kier alpha value is -1.61. The van der Waals surface area contributed by atoms with E-state index in [-0.39, 0.29) is 0 Å². The molecule has 0 bridgehead atoms. The molecule has 0 atom stereocenters. The fraction of sp³-hybridized carbons (Fsp3) is 0.438. The van der Waals surface area contributed by atoms with Gasteiger partial charge in [-0.05, 0) is 43.5 Å². The molecule has 0 saturated heterocycles. The maximum absolute atomic E-state index is 4.72. The molecule has 0 aliphatic heterocycles. The molecule has 1 fully saturated rings. The van der Waals surface area contributed by atoms with Crippen LogP contribution in [0.4, 0.5) is 0 Å². The van der Waals surface area contributed by atoms with Crippen molar-refractivity contribution in [2.24, 2.45) is 0 Å². The van der Waals surface area contributed by atoms with Gasteiger partial charge in [0.25, 0.3) is 0 Å². The second-order valence-electron chi connectivity index (χ2n) is 5.26. The van der Waals surface area contributed by atoms with Crippen molar-refractivity contribution in [3.8, 4) is 5.69 Å². The Morgan fingerprint density at radius 3 is 2.89 bits per heavy atom. The molecule has 0 unspecified atom stereocenters. The van der Waals surface area contributed by atoms with E-state index in [4.69, 9.17) is 5.10 Å². The van der Waals surface area contributed by atoms with Crippen molar-refractivity contribution >= 4 is 0 Å². The Morgan fingerprint density at radius 2 is 2.11 bits per heavy atom. The largest absolute Gasteiger partial charge is 0.313 e. The van der Waals surface area contributed by atoms with E-state index >= 15 is 0 Å². The molecule has 1 saturated carbocycles. The molecule has 2 aromatic rings. The fourth-order valence-corrected chi connectivity index (χ4v) is 2.35. The van der Waals surface area contributed by atoms with Crippen molar-refractivity contribution in [3.05, 3.63) is 47.8 Å². The summed E-state index contributed by atoms with van der Waals surface area (Å²) in [5, 5.41) is 8.18. The highest BCUT2D eigenvalue weighted by Crippen LogP contribution is 2.39. The minimum atomic E-state index is 0.714. The van der Waals surface area contributed by atoms with Gasteiger partial charge in [0, 0.05) is 18.7 Å². The van der Waals surface area contributed by atoms with Crippen LogP contribution in [0.2, 0.25) is 0 Å². The number of nitrogens with one attached hydrogen (secondary N) is 1. The number of hydrogen-bond donors (Lipinski definition) is 1. The molecular formula is C16H21N3. The highest BCUT2D eigenvalue weighted by molar-refractivity contribution is 5.40. The summed E-state index contributed by atoms with van der Waals surface area (Å²) in [5.41, 5.74) is 3.75. The summed E-state index contributed by atoms with van der Waals surface area (Å²) < 4.78 is 2.02. The van der Waals surface area contributed by atoms with Gasteiger partial charge in [0.05, 0.1) is 11.4 Å². The first-order chi connectivity index (χ1) is 9.38. The summed E-state index contributed by atoms with van der Waals surface area (Å²) in [5.74, 6) is 0.714. The lowest BCUT2D eigenvalue weighted by atomic mass is 10.2. The summed E-state index contributed by atoms with van der Waals surface area (Å²) >= 11 is 0. The second-order valence-corrected chi connectivity index (χ2v) is 5.26. The molecule has 1 aromatic heterocycles. The van der Waals surface area contributed by atoms with Crippen LogP contribution in [0.15, 0.2) is 36.5 Å². The third-order valence-electron chi connectivity index (χ3n) is 3.59. The minimum Gasteiger partial charge on any atom is -0.313 e. The lowest BCUT2D eigenvalue weighted by Crippen LogP contribution is -2.15. The second kappa shape index (κ2) is 5.57. The highest BCUT2D eigenvalue weighted by Gasteiger charge is 2.26. The molecule has 1 aliphatic carbocycles. The molecular weight excluding hydrogens is 234 g/mol. The zero-order chi connectivity index (χ0) is 13.1. The third kappa shape index (κ3) is 2.87. The normalized spacial score (nSPS) is 14.8.